The van der Waals surface area contributed by atoms with E-state index < -0.39 is 35.3 Å². The summed E-state index contributed by atoms with van der Waals surface area (Å²) >= 11 is 0. The lowest BCUT2D eigenvalue weighted by molar-refractivity contribution is 0.0147. The van der Waals surface area contributed by atoms with E-state index in [1.165, 1.54) is 23.1 Å². The molecule has 12 heteroatoms. The Hall–Kier alpha value is -4.22. The van der Waals surface area contributed by atoms with Crippen molar-refractivity contribution in [1.29, 1.82) is 0 Å². The van der Waals surface area contributed by atoms with E-state index in [0.29, 0.717) is 11.4 Å². The average Bonchev–Trinajstić information content (AvgIpc) is 2.80. The first kappa shape index (κ1) is 30.0. The molecule has 0 bridgehead atoms. The summed E-state index contributed by atoms with van der Waals surface area (Å²) in [7, 11) is 0. The molecule has 38 heavy (non-hydrogen) atoms. The highest BCUT2D eigenvalue weighted by Crippen LogP contribution is 2.13. The van der Waals surface area contributed by atoms with Gasteiger partial charge in [-0.1, -0.05) is 12.1 Å². The second kappa shape index (κ2) is 12.8. The van der Waals surface area contributed by atoms with Crippen molar-refractivity contribution in [3.8, 4) is 0 Å². The number of carbonyl (C=O) groups is 4. The second-order valence-electron chi connectivity index (χ2n) is 10.2. The van der Waals surface area contributed by atoms with Gasteiger partial charge in [0, 0.05) is 0 Å². The van der Waals surface area contributed by atoms with E-state index >= 15 is 0 Å². The third-order valence-electron chi connectivity index (χ3n) is 4.45. The number of pyridine rings is 2. The van der Waals surface area contributed by atoms with Crippen molar-refractivity contribution in [2.24, 2.45) is 0 Å². The lowest BCUT2D eigenvalue weighted by Gasteiger charge is -2.27. The molecule has 0 radical (unpaired) electrons. The van der Waals surface area contributed by atoms with Crippen LogP contribution in [0.25, 0.3) is 0 Å². The van der Waals surface area contributed by atoms with Gasteiger partial charge in [-0.25, -0.2) is 29.1 Å². The van der Waals surface area contributed by atoms with Gasteiger partial charge in [-0.2, -0.15) is 0 Å². The molecule has 2 heterocycles. The Labute approximate surface area is 221 Å². The number of carbonyl (C=O) groups excluding carboxylic acids is 3. The van der Waals surface area contributed by atoms with E-state index in [1.807, 2.05) is 0 Å². The third kappa shape index (κ3) is 10.8. The van der Waals surface area contributed by atoms with Crippen LogP contribution in [-0.2, 0) is 27.3 Å². The highest BCUT2D eigenvalue weighted by Gasteiger charge is 2.24. The summed E-state index contributed by atoms with van der Waals surface area (Å²) in [5, 5.41) is 11.8. The quantitative estimate of drug-likeness (QED) is 0.361. The van der Waals surface area contributed by atoms with Gasteiger partial charge in [0.05, 0.1) is 31.0 Å². The van der Waals surface area contributed by atoms with Gasteiger partial charge >= 0.3 is 24.1 Å². The molecule has 0 atom stereocenters. The van der Waals surface area contributed by atoms with Crippen LogP contribution in [0.5, 0.6) is 0 Å². The third-order valence-corrected chi connectivity index (χ3v) is 4.45. The molecule has 0 fully saturated rings. The summed E-state index contributed by atoms with van der Waals surface area (Å²) < 4.78 is 15.9. The predicted molar refractivity (Wildman–Crippen MR) is 135 cm³/mol. The first-order valence-electron chi connectivity index (χ1n) is 11.9. The standard InChI is InChI=1S/C26H34N4O8/c1-25(2,3)37-23(34)27-15-17-9-7-12-20(28-17)22(33)36-14-13-30(24(35)38-26(4,5)6)16-18-10-8-11-19(29-18)21(31)32/h7-12H,13-16H2,1-6H3,(H,27,34)(H,31,32). The zero-order valence-electron chi connectivity index (χ0n) is 22.4. The van der Waals surface area contributed by atoms with E-state index in [4.69, 9.17) is 14.2 Å². The number of amides is 2. The summed E-state index contributed by atoms with van der Waals surface area (Å²) in [4.78, 5) is 57.9. The maximum Gasteiger partial charge on any atom is 0.410 e. The molecule has 0 aliphatic carbocycles. The fourth-order valence-corrected chi connectivity index (χ4v) is 2.93. The highest BCUT2D eigenvalue weighted by molar-refractivity contribution is 5.87. The topological polar surface area (TPSA) is 157 Å². The van der Waals surface area contributed by atoms with E-state index in [0.717, 1.165) is 0 Å². The molecular weight excluding hydrogens is 496 g/mol. The van der Waals surface area contributed by atoms with E-state index in [1.54, 1.807) is 59.7 Å². The summed E-state index contributed by atoms with van der Waals surface area (Å²) in [6, 6.07) is 9.15. The Bertz CT molecular complexity index is 1150. The molecule has 0 aliphatic heterocycles. The number of rotatable bonds is 9. The lowest BCUT2D eigenvalue weighted by Crippen LogP contribution is -2.38. The molecular formula is C26H34N4O8. The summed E-state index contributed by atoms with van der Waals surface area (Å²) in [6.45, 7) is 10.1. The monoisotopic (exact) mass is 530 g/mol. The van der Waals surface area contributed by atoms with Gasteiger partial charge in [-0.3, -0.25) is 4.90 Å². The SMILES string of the molecule is CC(C)(C)OC(=O)NCc1cccc(C(=O)OCCN(Cc2cccc(C(=O)O)n2)C(=O)OC(C)(C)C)n1. The van der Waals surface area contributed by atoms with Crippen molar-refractivity contribution in [2.45, 2.75) is 65.8 Å². The molecule has 0 aliphatic rings. The van der Waals surface area contributed by atoms with Crippen molar-refractivity contribution < 1.29 is 38.5 Å². The summed E-state index contributed by atoms with van der Waals surface area (Å²) in [6.07, 6.45) is -1.29. The minimum absolute atomic E-state index is 0.0214. The zero-order chi connectivity index (χ0) is 28.5. The van der Waals surface area contributed by atoms with Crippen LogP contribution in [0.15, 0.2) is 36.4 Å². The molecule has 0 saturated carbocycles. The number of nitrogens with one attached hydrogen (secondary N) is 1. The number of aromatic nitrogens is 2. The highest BCUT2D eigenvalue weighted by atomic mass is 16.6. The molecule has 12 nitrogen and oxygen atoms in total. The Balaban J connectivity index is 2.01. The van der Waals surface area contributed by atoms with Crippen molar-refractivity contribution >= 4 is 24.1 Å². The number of carboxylic acids is 1. The minimum atomic E-state index is -1.19. The first-order valence-corrected chi connectivity index (χ1v) is 11.9. The number of carboxylic acid groups (broad SMARTS) is 1. The van der Waals surface area contributed by atoms with Gasteiger partial charge in [0.1, 0.15) is 29.2 Å². The smallest absolute Gasteiger partial charge is 0.410 e. The Kier molecular flexibility index (Phi) is 10.1. The maximum atomic E-state index is 12.7. The molecule has 2 aromatic heterocycles. The number of ether oxygens (including phenoxy) is 3. The van der Waals surface area contributed by atoms with Crippen molar-refractivity contribution in [3.05, 3.63) is 59.2 Å². The molecule has 0 aromatic carbocycles. The van der Waals surface area contributed by atoms with Crippen LogP contribution in [0, 0.1) is 0 Å². The fraction of sp³-hybridized carbons (Fsp3) is 0.462. The largest absolute Gasteiger partial charge is 0.477 e. The van der Waals surface area contributed by atoms with Crippen LogP contribution in [0.4, 0.5) is 9.59 Å². The summed E-state index contributed by atoms with van der Waals surface area (Å²) in [5.41, 5.74) is -0.816. The van der Waals surface area contributed by atoms with Crippen LogP contribution >= 0.6 is 0 Å². The Morgan fingerprint density at radius 2 is 1.45 bits per heavy atom. The number of aromatic carboxylic acids is 1. The second-order valence-corrected chi connectivity index (χ2v) is 10.2. The molecule has 0 spiro atoms. The first-order chi connectivity index (χ1) is 17.6. The predicted octanol–water partition coefficient (Wildman–Crippen LogP) is 3.79. The lowest BCUT2D eigenvalue weighted by atomic mass is 10.2. The molecule has 2 amide bonds. The molecule has 0 saturated heterocycles. The van der Waals surface area contributed by atoms with Crippen LogP contribution < -0.4 is 5.32 Å². The van der Waals surface area contributed by atoms with Crippen molar-refractivity contribution in [2.75, 3.05) is 13.2 Å². The van der Waals surface area contributed by atoms with Crippen LogP contribution in [0.1, 0.15) is 73.9 Å². The Morgan fingerprint density at radius 3 is 2.05 bits per heavy atom. The number of esters is 1. The van der Waals surface area contributed by atoms with E-state index in [-0.39, 0.29) is 37.6 Å². The molecule has 0 unspecified atom stereocenters. The van der Waals surface area contributed by atoms with Crippen molar-refractivity contribution in [3.63, 3.8) is 0 Å². The average molecular weight is 531 g/mol. The summed E-state index contributed by atoms with van der Waals surface area (Å²) in [5.74, 6) is -1.92. The van der Waals surface area contributed by atoms with Crippen molar-refractivity contribution in [1.82, 2.24) is 20.2 Å². The van der Waals surface area contributed by atoms with E-state index in [2.05, 4.69) is 15.3 Å². The molecule has 206 valence electrons. The van der Waals surface area contributed by atoms with Gasteiger partial charge in [0.25, 0.3) is 0 Å². The molecule has 2 rings (SSSR count). The van der Waals surface area contributed by atoms with Gasteiger partial charge in [0.2, 0.25) is 0 Å². The van der Waals surface area contributed by atoms with Gasteiger partial charge < -0.3 is 24.6 Å². The maximum absolute atomic E-state index is 12.7. The zero-order valence-corrected chi connectivity index (χ0v) is 22.4. The molecule has 2 N–H and O–H groups in total. The fourth-order valence-electron chi connectivity index (χ4n) is 2.93. The minimum Gasteiger partial charge on any atom is -0.477 e. The Morgan fingerprint density at radius 1 is 0.868 bits per heavy atom. The van der Waals surface area contributed by atoms with Crippen LogP contribution in [0.2, 0.25) is 0 Å². The number of alkyl carbamates (subject to hydrolysis) is 1. The van der Waals surface area contributed by atoms with E-state index in [9.17, 15) is 24.3 Å². The van der Waals surface area contributed by atoms with Crippen LogP contribution in [-0.4, -0.2) is 68.5 Å². The van der Waals surface area contributed by atoms with Gasteiger partial charge in [-0.15, -0.1) is 0 Å². The molecule has 2 aromatic rings. The van der Waals surface area contributed by atoms with Gasteiger partial charge in [0.15, 0.2) is 0 Å². The normalized spacial score (nSPS) is 11.3. The number of hydrogen-bond donors (Lipinski definition) is 2. The van der Waals surface area contributed by atoms with Gasteiger partial charge in [-0.05, 0) is 65.8 Å². The number of hydrogen-bond acceptors (Lipinski definition) is 9. The van der Waals surface area contributed by atoms with Crippen LogP contribution in [0.3, 0.4) is 0 Å². The number of nitrogens with zero attached hydrogens (tertiary/aromatic N) is 3.